The first kappa shape index (κ1) is 27.3. The standard InChI is InChI=1S/C43H29N3OS/c1-24-22-25(2)36(26(3)23-24)40-31-16-8-10-18-33(31)44-43(45-40)46-41-39(38-28-13-5-4-12-27(28)20-21-34(38)47-46)30-15-7-6-14-29(30)37-32-17-9-11-19-35(32)48-42(37)41/h4-23H,1-3H3. The average molecular weight is 636 g/mol. The van der Waals surface area contributed by atoms with Crippen LogP contribution in [0.2, 0.25) is 0 Å². The van der Waals surface area contributed by atoms with Crippen LogP contribution in [0.4, 0.5) is 11.6 Å². The number of fused-ring (bicyclic) bond motifs is 13. The molecule has 9 aromatic rings. The quantitative estimate of drug-likeness (QED) is 0.189. The van der Waals surface area contributed by atoms with Gasteiger partial charge in [0.25, 0.3) is 5.95 Å². The molecule has 2 aromatic heterocycles. The van der Waals surface area contributed by atoms with Crippen molar-refractivity contribution in [2.24, 2.45) is 0 Å². The first-order valence-corrected chi connectivity index (χ1v) is 17.1. The number of benzene rings is 7. The Morgan fingerprint density at radius 1 is 0.583 bits per heavy atom. The molecular formula is C43H29N3OS. The van der Waals surface area contributed by atoms with E-state index in [-0.39, 0.29) is 0 Å². The lowest BCUT2D eigenvalue weighted by atomic mass is 9.89. The van der Waals surface area contributed by atoms with Crippen molar-refractivity contribution in [3.8, 4) is 28.1 Å². The van der Waals surface area contributed by atoms with Gasteiger partial charge in [-0.15, -0.1) is 16.4 Å². The molecule has 48 heavy (non-hydrogen) atoms. The fourth-order valence-electron chi connectivity index (χ4n) is 7.86. The Kier molecular flexibility index (Phi) is 5.76. The lowest BCUT2D eigenvalue weighted by Gasteiger charge is -2.33. The zero-order valence-corrected chi connectivity index (χ0v) is 27.5. The van der Waals surface area contributed by atoms with Crippen LogP contribution in [0, 0.1) is 20.8 Å². The van der Waals surface area contributed by atoms with Crippen LogP contribution in [0.3, 0.4) is 0 Å². The van der Waals surface area contributed by atoms with Gasteiger partial charge in [0.05, 0.1) is 15.9 Å². The van der Waals surface area contributed by atoms with Gasteiger partial charge in [0, 0.05) is 37.5 Å². The molecule has 4 nitrogen and oxygen atoms in total. The maximum Gasteiger partial charge on any atom is 0.265 e. The Labute approximate surface area is 281 Å². The Morgan fingerprint density at radius 2 is 1.25 bits per heavy atom. The maximum absolute atomic E-state index is 7.04. The Hall–Kier alpha value is -5.78. The van der Waals surface area contributed by atoms with E-state index in [1.54, 1.807) is 11.3 Å². The number of hydrogen-bond acceptors (Lipinski definition) is 5. The van der Waals surface area contributed by atoms with Gasteiger partial charge in [0.2, 0.25) is 0 Å². The van der Waals surface area contributed by atoms with Crippen molar-refractivity contribution in [1.29, 1.82) is 0 Å². The molecule has 3 heterocycles. The van der Waals surface area contributed by atoms with E-state index in [0.717, 1.165) is 54.8 Å². The lowest BCUT2D eigenvalue weighted by Crippen LogP contribution is -2.28. The van der Waals surface area contributed by atoms with E-state index in [9.17, 15) is 0 Å². The van der Waals surface area contributed by atoms with Crippen LogP contribution in [0.1, 0.15) is 16.7 Å². The minimum atomic E-state index is 0.511. The molecule has 10 rings (SSSR count). The maximum atomic E-state index is 7.04. The zero-order valence-electron chi connectivity index (χ0n) is 26.7. The molecule has 1 aliphatic rings. The summed E-state index contributed by atoms with van der Waals surface area (Å²) in [5.74, 6) is 1.30. The van der Waals surface area contributed by atoms with E-state index in [4.69, 9.17) is 14.8 Å². The largest absolute Gasteiger partial charge is 0.371 e. The van der Waals surface area contributed by atoms with E-state index >= 15 is 0 Å². The molecule has 0 N–H and O–H groups in total. The van der Waals surface area contributed by atoms with Gasteiger partial charge in [0.1, 0.15) is 5.69 Å². The molecule has 0 aliphatic carbocycles. The van der Waals surface area contributed by atoms with Crippen molar-refractivity contribution in [2.45, 2.75) is 20.8 Å². The summed E-state index contributed by atoms with van der Waals surface area (Å²) in [6.07, 6.45) is 0. The molecule has 0 amide bonds. The molecular weight excluding hydrogens is 607 g/mol. The first-order chi connectivity index (χ1) is 23.5. The predicted molar refractivity (Wildman–Crippen MR) is 202 cm³/mol. The number of aryl methyl sites for hydroxylation is 3. The summed E-state index contributed by atoms with van der Waals surface area (Å²) in [6, 6.07) is 43.1. The van der Waals surface area contributed by atoms with Gasteiger partial charge in [-0.2, -0.15) is 0 Å². The predicted octanol–water partition coefficient (Wildman–Crippen LogP) is 12.0. The Morgan fingerprint density at radius 3 is 2.06 bits per heavy atom. The summed E-state index contributed by atoms with van der Waals surface area (Å²) in [6.45, 7) is 6.49. The average Bonchev–Trinajstić information content (AvgIpc) is 3.50. The van der Waals surface area contributed by atoms with Crippen molar-refractivity contribution < 1.29 is 4.84 Å². The van der Waals surface area contributed by atoms with Crippen molar-refractivity contribution in [2.75, 3.05) is 5.06 Å². The fraction of sp³-hybridized carbons (Fsp3) is 0.0698. The number of hydrogen-bond donors (Lipinski definition) is 0. The SMILES string of the molecule is Cc1cc(C)c(-c2nc(N3Oc4ccc5ccccc5c4-c4c3c3sc5ccccc5c3c3ccccc43)nc3ccccc23)c(C)c1. The zero-order chi connectivity index (χ0) is 32.1. The number of thiophene rings is 1. The normalized spacial score (nSPS) is 12.6. The third-order valence-corrected chi connectivity index (χ3v) is 10.9. The molecule has 228 valence electrons. The van der Waals surface area contributed by atoms with Crippen molar-refractivity contribution in [1.82, 2.24) is 9.97 Å². The monoisotopic (exact) mass is 635 g/mol. The van der Waals surface area contributed by atoms with Crippen molar-refractivity contribution >= 4 is 75.6 Å². The number of para-hydroxylation sites is 1. The number of anilines is 2. The second-order valence-corrected chi connectivity index (χ2v) is 13.8. The molecule has 7 aromatic carbocycles. The molecule has 0 radical (unpaired) electrons. The fourth-order valence-corrected chi connectivity index (χ4v) is 9.11. The van der Waals surface area contributed by atoms with Gasteiger partial charge in [-0.3, -0.25) is 0 Å². The van der Waals surface area contributed by atoms with Gasteiger partial charge in [-0.05, 0) is 71.6 Å². The summed E-state index contributed by atoms with van der Waals surface area (Å²) in [7, 11) is 0. The molecule has 0 spiro atoms. The van der Waals surface area contributed by atoms with Gasteiger partial charge >= 0.3 is 0 Å². The highest BCUT2D eigenvalue weighted by Gasteiger charge is 2.34. The van der Waals surface area contributed by atoms with Crippen molar-refractivity contribution in [3.05, 3.63) is 138 Å². The second-order valence-electron chi connectivity index (χ2n) is 12.8. The molecule has 1 aliphatic heterocycles. The van der Waals surface area contributed by atoms with E-state index < -0.39 is 0 Å². The molecule has 0 saturated carbocycles. The molecule has 0 fully saturated rings. The van der Waals surface area contributed by atoms with Crippen LogP contribution in [-0.2, 0) is 0 Å². The topological polar surface area (TPSA) is 38.2 Å². The second kappa shape index (κ2) is 10.1. The molecule has 0 bridgehead atoms. The van der Waals surface area contributed by atoms with Gasteiger partial charge < -0.3 is 4.84 Å². The smallest absolute Gasteiger partial charge is 0.265 e. The molecule has 0 saturated heterocycles. The number of nitrogens with zero attached hydrogens (tertiary/aromatic N) is 3. The Balaban J connectivity index is 1.37. The summed E-state index contributed by atoms with van der Waals surface area (Å²) in [5, 5.41) is 10.1. The third-order valence-electron chi connectivity index (χ3n) is 9.73. The van der Waals surface area contributed by atoms with Crippen LogP contribution in [-0.4, -0.2) is 9.97 Å². The minimum Gasteiger partial charge on any atom is -0.371 e. The van der Waals surface area contributed by atoms with Gasteiger partial charge in [0.15, 0.2) is 5.75 Å². The Bertz CT molecular complexity index is 2790. The summed E-state index contributed by atoms with van der Waals surface area (Å²) in [4.78, 5) is 17.7. The van der Waals surface area contributed by atoms with Crippen LogP contribution in [0.25, 0.3) is 75.0 Å². The van der Waals surface area contributed by atoms with Gasteiger partial charge in [-0.25, -0.2) is 9.97 Å². The molecule has 0 atom stereocenters. The first-order valence-electron chi connectivity index (χ1n) is 16.3. The highest BCUT2D eigenvalue weighted by Crippen LogP contribution is 2.56. The number of rotatable bonds is 2. The van der Waals surface area contributed by atoms with Crippen LogP contribution in [0.15, 0.2) is 121 Å². The van der Waals surface area contributed by atoms with E-state index in [2.05, 4.69) is 136 Å². The lowest BCUT2D eigenvalue weighted by molar-refractivity contribution is 0.316. The highest BCUT2D eigenvalue weighted by molar-refractivity contribution is 7.26. The van der Waals surface area contributed by atoms with Crippen LogP contribution < -0.4 is 9.90 Å². The van der Waals surface area contributed by atoms with Crippen LogP contribution >= 0.6 is 11.3 Å². The summed E-state index contributed by atoms with van der Waals surface area (Å²) < 4.78 is 2.39. The summed E-state index contributed by atoms with van der Waals surface area (Å²) in [5.41, 5.74) is 9.76. The molecule has 0 unspecified atom stereocenters. The van der Waals surface area contributed by atoms with E-state index in [0.29, 0.717) is 5.95 Å². The van der Waals surface area contributed by atoms with Crippen LogP contribution in [0.5, 0.6) is 5.75 Å². The minimum absolute atomic E-state index is 0.511. The van der Waals surface area contributed by atoms with Gasteiger partial charge in [-0.1, -0.05) is 109 Å². The van der Waals surface area contributed by atoms with Crippen molar-refractivity contribution in [3.63, 3.8) is 0 Å². The highest BCUT2D eigenvalue weighted by atomic mass is 32.1. The summed E-state index contributed by atoms with van der Waals surface area (Å²) >= 11 is 1.80. The third kappa shape index (κ3) is 3.82. The number of aromatic nitrogens is 2. The molecule has 5 heteroatoms. The van der Waals surface area contributed by atoms with E-state index in [1.807, 2.05) is 11.1 Å². The van der Waals surface area contributed by atoms with E-state index in [1.165, 1.54) is 48.3 Å².